The molecule has 0 aliphatic heterocycles. The van der Waals surface area contributed by atoms with Gasteiger partial charge in [0.1, 0.15) is 4.90 Å². The molecular formula is C10H19N3O2S2. The van der Waals surface area contributed by atoms with Crippen molar-refractivity contribution >= 4 is 21.8 Å². The Morgan fingerprint density at radius 2 is 2.12 bits per heavy atom. The maximum Gasteiger partial charge on any atom is 0.243 e. The van der Waals surface area contributed by atoms with Gasteiger partial charge in [-0.2, -0.15) is 16.9 Å². The van der Waals surface area contributed by atoms with Crippen molar-refractivity contribution in [3.63, 3.8) is 0 Å². The molecule has 1 heterocycles. The van der Waals surface area contributed by atoms with Gasteiger partial charge in [-0.25, -0.2) is 13.1 Å². The number of hydrogen-bond acceptors (Lipinski definition) is 4. The summed E-state index contributed by atoms with van der Waals surface area (Å²) in [4.78, 5) is 0.194. The van der Waals surface area contributed by atoms with Crippen molar-refractivity contribution in [2.45, 2.75) is 30.6 Å². The second kappa shape index (κ2) is 7.73. The molecule has 0 fully saturated rings. The first kappa shape index (κ1) is 14.5. The molecule has 98 valence electrons. The highest BCUT2D eigenvalue weighted by Crippen LogP contribution is 2.06. The molecule has 0 saturated heterocycles. The monoisotopic (exact) mass is 277 g/mol. The van der Waals surface area contributed by atoms with Crippen molar-refractivity contribution < 1.29 is 8.42 Å². The summed E-state index contributed by atoms with van der Waals surface area (Å²) in [5, 5.41) is 6.11. The van der Waals surface area contributed by atoms with Gasteiger partial charge in [0.25, 0.3) is 0 Å². The van der Waals surface area contributed by atoms with Crippen LogP contribution in [0, 0.1) is 0 Å². The molecule has 0 spiro atoms. The van der Waals surface area contributed by atoms with Gasteiger partial charge in [0.05, 0.1) is 6.20 Å². The first-order valence-corrected chi connectivity index (χ1v) is 8.52. The SMILES string of the molecule is CSCCCCCCNS(=O)(=O)c1cn[nH]c1. The number of nitrogens with one attached hydrogen (secondary N) is 2. The lowest BCUT2D eigenvalue weighted by atomic mass is 10.2. The van der Waals surface area contributed by atoms with Crippen LogP contribution in [0.5, 0.6) is 0 Å². The third kappa shape index (κ3) is 5.56. The van der Waals surface area contributed by atoms with E-state index in [1.807, 2.05) is 11.8 Å². The summed E-state index contributed by atoms with van der Waals surface area (Å²) in [5.74, 6) is 1.18. The van der Waals surface area contributed by atoms with Gasteiger partial charge in [0.15, 0.2) is 0 Å². The first-order valence-electron chi connectivity index (χ1n) is 5.64. The molecule has 5 nitrogen and oxygen atoms in total. The maximum absolute atomic E-state index is 11.7. The summed E-state index contributed by atoms with van der Waals surface area (Å²) in [6, 6.07) is 0. The molecule has 2 N–H and O–H groups in total. The van der Waals surface area contributed by atoms with Gasteiger partial charge in [-0.1, -0.05) is 12.8 Å². The molecule has 17 heavy (non-hydrogen) atoms. The van der Waals surface area contributed by atoms with Crippen LogP contribution in [-0.4, -0.2) is 37.2 Å². The number of unbranched alkanes of at least 4 members (excludes halogenated alkanes) is 3. The van der Waals surface area contributed by atoms with Gasteiger partial charge in [0, 0.05) is 12.7 Å². The van der Waals surface area contributed by atoms with Crippen LogP contribution in [0.2, 0.25) is 0 Å². The van der Waals surface area contributed by atoms with E-state index in [9.17, 15) is 8.42 Å². The Morgan fingerprint density at radius 1 is 1.35 bits per heavy atom. The highest BCUT2D eigenvalue weighted by atomic mass is 32.2. The molecule has 0 aliphatic rings. The van der Waals surface area contributed by atoms with Crippen molar-refractivity contribution in [1.82, 2.24) is 14.9 Å². The topological polar surface area (TPSA) is 74.8 Å². The summed E-state index contributed by atoms with van der Waals surface area (Å²) in [5.41, 5.74) is 0. The molecule has 0 radical (unpaired) electrons. The summed E-state index contributed by atoms with van der Waals surface area (Å²) in [6.07, 6.45) is 9.09. The molecule has 0 aromatic carbocycles. The standard InChI is InChI=1S/C10H19N3O2S2/c1-16-7-5-3-2-4-6-13-17(14,15)10-8-11-12-9-10/h8-9,13H,2-7H2,1H3,(H,11,12). The largest absolute Gasteiger partial charge is 0.284 e. The Balaban J connectivity index is 2.14. The number of nitrogens with zero attached hydrogens (tertiary/aromatic N) is 1. The van der Waals surface area contributed by atoms with Crippen LogP contribution in [0.1, 0.15) is 25.7 Å². The van der Waals surface area contributed by atoms with E-state index in [0.717, 1.165) is 19.3 Å². The van der Waals surface area contributed by atoms with E-state index in [4.69, 9.17) is 0 Å². The van der Waals surface area contributed by atoms with Crippen molar-refractivity contribution in [1.29, 1.82) is 0 Å². The minimum atomic E-state index is -3.36. The molecule has 7 heteroatoms. The number of aromatic amines is 1. The summed E-state index contributed by atoms with van der Waals surface area (Å²) < 4.78 is 25.9. The molecule has 1 aromatic heterocycles. The molecule has 1 rings (SSSR count). The Bertz CT molecular complexity index is 390. The van der Waals surface area contributed by atoms with Crippen LogP contribution in [0.4, 0.5) is 0 Å². The lowest BCUT2D eigenvalue weighted by molar-refractivity contribution is 0.574. The van der Waals surface area contributed by atoms with Gasteiger partial charge in [0.2, 0.25) is 10.0 Å². The number of hydrogen-bond donors (Lipinski definition) is 2. The Kier molecular flexibility index (Phi) is 6.61. The van der Waals surface area contributed by atoms with Gasteiger partial charge in [-0.05, 0) is 24.9 Å². The first-order chi connectivity index (χ1) is 8.17. The fourth-order valence-corrected chi connectivity index (χ4v) is 2.87. The number of H-pyrrole nitrogens is 1. The predicted octanol–water partition coefficient (Wildman–Crippen LogP) is 1.61. The highest BCUT2D eigenvalue weighted by molar-refractivity contribution is 7.98. The average Bonchev–Trinajstić information content (AvgIpc) is 2.82. The van der Waals surface area contributed by atoms with E-state index in [2.05, 4.69) is 21.2 Å². The summed E-state index contributed by atoms with van der Waals surface area (Å²) in [7, 11) is -3.36. The lowest BCUT2D eigenvalue weighted by Gasteiger charge is -2.04. The van der Waals surface area contributed by atoms with Crippen molar-refractivity contribution in [3.8, 4) is 0 Å². The van der Waals surface area contributed by atoms with Crippen LogP contribution >= 0.6 is 11.8 Å². The van der Waals surface area contributed by atoms with Crippen LogP contribution in [0.25, 0.3) is 0 Å². The fourth-order valence-electron chi connectivity index (χ4n) is 1.40. The van der Waals surface area contributed by atoms with Gasteiger partial charge in [-0.15, -0.1) is 0 Å². The molecule has 0 amide bonds. The molecule has 0 atom stereocenters. The van der Waals surface area contributed by atoms with E-state index in [0.29, 0.717) is 6.54 Å². The fraction of sp³-hybridized carbons (Fsp3) is 0.700. The third-order valence-electron chi connectivity index (χ3n) is 2.35. The smallest absolute Gasteiger partial charge is 0.243 e. The normalized spacial score (nSPS) is 11.8. The van der Waals surface area contributed by atoms with Crippen molar-refractivity contribution in [2.75, 3.05) is 18.6 Å². The van der Waals surface area contributed by atoms with Crippen LogP contribution in [0.3, 0.4) is 0 Å². The van der Waals surface area contributed by atoms with E-state index < -0.39 is 10.0 Å². The van der Waals surface area contributed by atoms with Crippen LogP contribution < -0.4 is 4.72 Å². The average molecular weight is 277 g/mol. The van der Waals surface area contributed by atoms with Crippen molar-refractivity contribution in [2.24, 2.45) is 0 Å². The number of rotatable bonds is 9. The number of thioether (sulfide) groups is 1. The molecular weight excluding hydrogens is 258 g/mol. The highest BCUT2D eigenvalue weighted by Gasteiger charge is 2.13. The van der Waals surface area contributed by atoms with Gasteiger partial charge in [-0.3, -0.25) is 5.10 Å². The van der Waals surface area contributed by atoms with Gasteiger partial charge < -0.3 is 0 Å². The second-order valence-electron chi connectivity index (χ2n) is 3.74. The molecule has 1 aromatic rings. The zero-order valence-corrected chi connectivity index (χ0v) is 11.6. The van der Waals surface area contributed by atoms with Crippen LogP contribution in [-0.2, 0) is 10.0 Å². The van der Waals surface area contributed by atoms with Crippen LogP contribution in [0.15, 0.2) is 17.3 Å². The predicted molar refractivity (Wildman–Crippen MR) is 70.6 cm³/mol. The zero-order chi connectivity index (χ0) is 12.6. The van der Waals surface area contributed by atoms with Gasteiger partial charge >= 0.3 is 0 Å². The minimum Gasteiger partial charge on any atom is -0.284 e. The minimum absolute atomic E-state index is 0.194. The molecule has 0 aliphatic carbocycles. The number of aromatic nitrogens is 2. The molecule has 0 unspecified atom stereocenters. The second-order valence-corrected chi connectivity index (χ2v) is 6.49. The Morgan fingerprint density at radius 3 is 2.76 bits per heavy atom. The van der Waals surface area contributed by atoms with E-state index in [1.54, 1.807) is 0 Å². The summed E-state index contributed by atoms with van der Waals surface area (Å²) in [6.45, 7) is 0.493. The maximum atomic E-state index is 11.7. The summed E-state index contributed by atoms with van der Waals surface area (Å²) >= 11 is 1.85. The molecule has 0 saturated carbocycles. The van der Waals surface area contributed by atoms with E-state index in [-0.39, 0.29) is 4.90 Å². The Hall–Kier alpha value is -0.530. The number of sulfonamides is 1. The quantitative estimate of drug-likeness (QED) is 0.673. The van der Waals surface area contributed by atoms with E-state index >= 15 is 0 Å². The van der Waals surface area contributed by atoms with Crippen molar-refractivity contribution in [3.05, 3.63) is 12.4 Å². The third-order valence-corrected chi connectivity index (χ3v) is 4.48. The molecule has 0 bridgehead atoms. The zero-order valence-electron chi connectivity index (χ0n) is 9.98. The Labute approximate surface area is 107 Å². The lowest BCUT2D eigenvalue weighted by Crippen LogP contribution is -2.24. The van der Waals surface area contributed by atoms with E-state index in [1.165, 1.54) is 24.6 Å².